The molecule has 0 amide bonds. The number of nitrogens with zero attached hydrogens (tertiary/aromatic N) is 2. The Morgan fingerprint density at radius 3 is 0.889 bits per heavy atom. The standard InChI is InChI=1S/2C61H41NO/c1-4-20-42(21-5-1)43-38-40-44(41-39-43)47-26-11-15-33-54(47)62(55-34-16-12-27-48(55)49-30-18-37-58-59(49)51-29-13-17-36-57(51)63-58)56-35-19-32-53-60(56)50-28-10-14-31-52(50)61(53,45-22-6-2-7-23-45)46-24-8-3-9-25-46;1-4-19-42(20-5-1)43-37-39-44(40-38-43)45-21-16-26-48(41-45)62(55-33-14-11-27-49(55)50-30-17-36-58-59(50)52-29-12-15-35-57(52)63-58)56-34-18-32-54-60(56)51-28-10-13-31-53(51)61(54,46-22-6-2-7-23-46)47-24-8-3-9-25-47/h2*1-41H. The van der Waals surface area contributed by atoms with E-state index in [0.717, 1.165) is 123 Å². The number of rotatable bonds is 16. The first-order chi connectivity index (χ1) is 62.6. The molecule has 126 heavy (non-hydrogen) atoms. The molecular formula is C122H82N2O2. The van der Waals surface area contributed by atoms with Crippen LogP contribution in [0.25, 0.3) is 133 Å². The van der Waals surface area contributed by atoms with E-state index in [2.05, 4.69) is 495 Å². The summed E-state index contributed by atoms with van der Waals surface area (Å²) in [6.07, 6.45) is 0. The molecule has 22 aromatic rings. The van der Waals surface area contributed by atoms with Crippen molar-refractivity contribution in [3.8, 4) is 89.0 Å². The van der Waals surface area contributed by atoms with Gasteiger partial charge in [0, 0.05) is 55.0 Å². The Morgan fingerprint density at radius 1 is 0.167 bits per heavy atom. The highest BCUT2D eigenvalue weighted by Gasteiger charge is 2.49. The molecule has 0 unspecified atom stereocenters. The molecule has 0 fully saturated rings. The van der Waals surface area contributed by atoms with Gasteiger partial charge in [-0.1, -0.05) is 431 Å². The lowest BCUT2D eigenvalue weighted by atomic mass is 9.68. The first kappa shape index (κ1) is 74.6. The van der Waals surface area contributed by atoms with Gasteiger partial charge in [0.1, 0.15) is 22.3 Å². The molecule has 4 nitrogen and oxygen atoms in total. The molecular weight excluding hydrogens is 1530 g/mol. The average Bonchev–Trinajstić information content (AvgIpc) is 1.53. The van der Waals surface area contributed by atoms with Gasteiger partial charge in [-0.2, -0.15) is 0 Å². The van der Waals surface area contributed by atoms with Gasteiger partial charge < -0.3 is 18.6 Å². The van der Waals surface area contributed by atoms with E-state index in [1.54, 1.807) is 0 Å². The lowest BCUT2D eigenvalue weighted by Gasteiger charge is -2.35. The maximum atomic E-state index is 6.50. The summed E-state index contributed by atoms with van der Waals surface area (Å²) in [6.45, 7) is 0. The quantitative estimate of drug-likeness (QED) is 0.0965. The molecule has 2 heterocycles. The molecule has 2 aromatic heterocycles. The van der Waals surface area contributed by atoms with Gasteiger partial charge in [0.05, 0.1) is 39.3 Å². The fourth-order valence-electron chi connectivity index (χ4n) is 20.6. The Labute approximate surface area is 733 Å². The van der Waals surface area contributed by atoms with Crippen LogP contribution in [0, 0.1) is 0 Å². The van der Waals surface area contributed by atoms with Crippen molar-refractivity contribution in [2.75, 3.05) is 9.80 Å². The molecule has 20 aromatic carbocycles. The molecule has 4 heteroatoms. The third kappa shape index (κ3) is 12.4. The number of furan rings is 2. The smallest absolute Gasteiger partial charge is 0.136 e. The Balaban J connectivity index is 0.000000145. The highest BCUT2D eigenvalue weighted by atomic mass is 16.3. The lowest BCUT2D eigenvalue weighted by Crippen LogP contribution is -2.28. The fraction of sp³-hybridized carbons (Fsp3) is 0.0164. The van der Waals surface area contributed by atoms with Crippen LogP contribution >= 0.6 is 0 Å². The van der Waals surface area contributed by atoms with Crippen molar-refractivity contribution in [3.63, 3.8) is 0 Å². The summed E-state index contributed by atoms with van der Waals surface area (Å²) in [4.78, 5) is 5.03. The fourth-order valence-corrected chi connectivity index (χ4v) is 20.6. The molecule has 0 atom stereocenters. The van der Waals surface area contributed by atoms with Crippen molar-refractivity contribution in [1.29, 1.82) is 0 Å². The highest BCUT2D eigenvalue weighted by molar-refractivity contribution is 6.16. The second-order valence-corrected chi connectivity index (χ2v) is 32.7. The summed E-state index contributed by atoms with van der Waals surface area (Å²) in [5.41, 5.74) is 37.8. The second kappa shape index (κ2) is 31.6. The van der Waals surface area contributed by atoms with Crippen LogP contribution in [0.15, 0.2) is 506 Å². The molecule has 2 aliphatic carbocycles. The molecule has 0 saturated carbocycles. The summed E-state index contributed by atoms with van der Waals surface area (Å²) in [6, 6.07) is 181. The van der Waals surface area contributed by atoms with E-state index in [1.165, 1.54) is 89.0 Å². The van der Waals surface area contributed by atoms with Gasteiger partial charge in [-0.05, 0) is 172 Å². The lowest BCUT2D eigenvalue weighted by molar-refractivity contribution is 0.668. The van der Waals surface area contributed by atoms with E-state index in [4.69, 9.17) is 8.83 Å². The molecule has 0 N–H and O–H groups in total. The maximum absolute atomic E-state index is 6.50. The van der Waals surface area contributed by atoms with Crippen LogP contribution < -0.4 is 9.80 Å². The van der Waals surface area contributed by atoms with Gasteiger partial charge in [-0.3, -0.25) is 0 Å². The van der Waals surface area contributed by atoms with Crippen molar-refractivity contribution in [2.24, 2.45) is 0 Å². The first-order valence-corrected chi connectivity index (χ1v) is 43.4. The van der Waals surface area contributed by atoms with Crippen LogP contribution in [-0.4, -0.2) is 0 Å². The van der Waals surface area contributed by atoms with Crippen LogP contribution in [0.4, 0.5) is 34.1 Å². The Morgan fingerprint density at radius 2 is 0.444 bits per heavy atom. The number of hydrogen-bond donors (Lipinski definition) is 0. The van der Waals surface area contributed by atoms with Gasteiger partial charge >= 0.3 is 0 Å². The van der Waals surface area contributed by atoms with Crippen molar-refractivity contribution in [1.82, 2.24) is 0 Å². The second-order valence-electron chi connectivity index (χ2n) is 32.7. The Bertz CT molecular complexity index is 7730. The molecule has 0 saturated heterocycles. The number of fused-ring (bicyclic) bond motifs is 12. The van der Waals surface area contributed by atoms with E-state index in [1.807, 2.05) is 12.1 Å². The molecule has 592 valence electrons. The summed E-state index contributed by atoms with van der Waals surface area (Å²) < 4.78 is 13.0. The van der Waals surface area contributed by atoms with Crippen molar-refractivity contribution < 1.29 is 8.83 Å². The third-order valence-corrected chi connectivity index (χ3v) is 26.0. The zero-order valence-corrected chi connectivity index (χ0v) is 69.1. The minimum Gasteiger partial charge on any atom is -0.456 e. The van der Waals surface area contributed by atoms with E-state index in [9.17, 15) is 0 Å². The Kier molecular flexibility index (Phi) is 18.7. The molecule has 0 aliphatic heterocycles. The van der Waals surface area contributed by atoms with Gasteiger partial charge in [-0.15, -0.1) is 0 Å². The first-order valence-electron chi connectivity index (χ1n) is 43.4. The largest absolute Gasteiger partial charge is 0.456 e. The van der Waals surface area contributed by atoms with E-state index < -0.39 is 10.8 Å². The molecule has 2 aliphatic rings. The molecule has 0 radical (unpaired) electrons. The SMILES string of the molecule is c1ccc(-c2ccc(-c3cccc(N(c4ccccc4-c4cccc5oc6ccccc6c45)c4cccc5c4-c4ccccc4C5(c4ccccc4)c4ccccc4)c3)cc2)cc1.c1ccc(-c2ccc(-c3ccccc3N(c3ccccc3-c3cccc4oc5ccccc5c34)c3cccc4c3-c3ccccc3C4(c3ccccc3)c3ccccc3)cc2)cc1. The van der Waals surface area contributed by atoms with Crippen molar-refractivity contribution in [3.05, 3.63) is 542 Å². The van der Waals surface area contributed by atoms with Crippen LogP contribution in [0.1, 0.15) is 44.5 Å². The van der Waals surface area contributed by atoms with Gasteiger partial charge in [0.15, 0.2) is 0 Å². The zero-order chi connectivity index (χ0) is 83.5. The molecule has 0 spiro atoms. The minimum atomic E-state index is -0.552. The van der Waals surface area contributed by atoms with Crippen molar-refractivity contribution >= 4 is 78.0 Å². The van der Waals surface area contributed by atoms with Crippen LogP contribution in [0.2, 0.25) is 0 Å². The molecule has 0 bridgehead atoms. The minimum absolute atomic E-state index is 0.542. The summed E-state index contributed by atoms with van der Waals surface area (Å²) in [5, 5.41) is 4.44. The van der Waals surface area contributed by atoms with E-state index in [0.29, 0.717) is 0 Å². The number of para-hydroxylation sites is 5. The summed E-state index contributed by atoms with van der Waals surface area (Å²) >= 11 is 0. The maximum Gasteiger partial charge on any atom is 0.136 e. The van der Waals surface area contributed by atoms with Gasteiger partial charge in [0.25, 0.3) is 0 Å². The predicted molar refractivity (Wildman–Crippen MR) is 524 cm³/mol. The molecule has 24 rings (SSSR count). The summed E-state index contributed by atoms with van der Waals surface area (Å²) in [5.74, 6) is 0. The normalized spacial score (nSPS) is 12.6. The number of benzene rings is 20. The average molecular weight is 1610 g/mol. The van der Waals surface area contributed by atoms with Crippen LogP contribution in [-0.2, 0) is 10.8 Å². The highest BCUT2D eigenvalue weighted by Crippen LogP contribution is 2.63. The number of hydrogen-bond acceptors (Lipinski definition) is 4. The van der Waals surface area contributed by atoms with E-state index >= 15 is 0 Å². The van der Waals surface area contributed by atoms with Gasteiger partial charge in [-0.25, -0.2) is 0 Å². The monoisotopic (exact) mass is 1610 g/mol. The Hall–Kier alpha value is -16.4. The van der Waals surface area contributed by atoms with Crippen LogP contribution in [0.5, 0.6) is 0 Å². The predicted octanol–water partition coefficient (Wildman–Crippen LogP) is 32.8. The van der Waals surface area contributed by atoms with Gasteiger partial charge in [0.2, 0.25) is 0 Å². The zero-order valence-electron chi connectivity index (χ0n) is 69.1. The summed E-state index contributed by atoms with van der Waals surface area (Å²) in [7, 11) is 0. The third-order valence-electron chi connectivity index (χ3n) is 26.0. The van der Waals surface area contributed by atoms with E-state index in [-0.39, 0.29) is 0 Å². The number of anilines is 6. The van der Waals surface area contributed by atoms with Crippen LogP contribution in [0.3, 0.4) is 0 Å². The topological polar surface area (TPSA) is 32.8 Å². The van der Waals surface area contributed by atoms with Crippen molar-refractivity contribution in [2.45, 2.75) is 10.8 Å².